The highest BCUT2D eigenvalue weighted by atomic mass is 19.4. The van der Waals surface area contributed by atoms with Crippen LogP contribution in [0, 0.1) is 5.41 Å². The van der Waals surface area contributed by atoms with E-state index in [-0.39, 0.29) is 11.9 Å². The number of halogens is 3. The van der Waals surface area contributed by atoms with Gasteiger partial charge >= 0.3 is 6.18 Å². The molecule has 1 heterocycles. The fraction of sp³-hybridized carbons (Fsp3) is 0.636. The number of hydrogen-bond donors (Lipinski definition) is 3. The van der Waals surface area contributed by atoms with Crippen LogP contribution in [-0.2, 0) is 17.5 Å². The molecule has 6 nitrogen and oxygen atoms in total. The molecule has 1 fully saturated rings. The van der Waals surface area contributed by atoms with E-state index in [1.165, 1.54) is 12.1 Å². The number of carbonyl (C=O) groups excluding carboxylic acids is 1. The van der Waals surface area contributed by atoms with E-state index >= 15 is 0 Å². The third-order valence-electron chi connectivity index (χ3n) is 5.20. The Balaban J connectivity index is 1.73. The Morgan fingerprint density at radius 2 is 1.77 bits per heavy atom. The van der Waals surface area contributed by atoms with Crippen molar-refractivity contribution < 1.29 is 18.0 Å². The molecule has 1 aromatic carbocycles. The summed E-state index contributed by atoms with van der Waals surface area (Å²) in [6.07, 6.45) is -2.56. The Morgan fingerprint density at radius 3 is 2.35 bits per heavy atom. The fourth-order valence-corrected chi connectivity index (χ4v) is 3.35. The van der Waals surface area contributed by atoms with Gasteiger partial charge in [0.15, 0.2) is 5.96 Å². The van der Waals surface area contributed by atoms with Crippen molar-refractivity contribution in [1.82, 2.24) is 20.9 Å². The summed E-state index contributed by atoms with van der Waals surface area (Å²) in [6.45, 7) is 8.79. The lowest BCUT2D eigenvalue weighted by Crippen LogP contribution is -2.49. The molecule has 0 aliphatic carbocycles. The van der Waals surface area contributed by atoms with Gasteiger partial charge in [0.25, 0.3) is 0 Å². The molecule has 3 N–H and O–H groups in total. The molecule has 2 rings (SSSR count). The number of amides is 1. The van der Waals surface area contributed by atoms with Crippen LogP contribution in [0.1, 0.15) is 44.7 Å². The molecule has 1 aromatic rings. The van der Waals surface area contributed by atoms with Gasteiger partial charge < -0.3 is 16.0 Å². The zero-order valence-electron chi connectivity index (χ0n) is 18.8. The van der Waals surface area contributed by atoms with E-state index in [4.69, 9.17) is 0 Å². The van der Waals surface area contributed by atoms with Crippen molar-refractivity contribution in [3.63, 3.8) is 0 Å². The summed E-state index contributed by atoms with van der Waals surface area (Å²) in [7, 11) is 1.70. The van der Waals surface area contributed by atoms with Crippen LogP contribution >= 0.6 is 0 Å². The van der Waals surface area contributed by atoms with Crippen LogP contribution in [0.4, 0.5) is 13.2 Å². The van der Waals surface area contributed by atoms with Gasteiger partial charge in [-0.15, -0.1) is 0 Å². The van der Waals surface area contributed by atoms with Gasteiger partial charge in [0.05, 0.1) is 5.56 Å². The first-order valence-electron chi connectivity index (χ1n) is 10.6. The maximum Gasteiger partial charge on any atom is 0.416 e. The summed E-state index contributed by atoms with van der Waals surface area (Å²) in [5.41, 5.74) is -0.340. The topological polar surface area (TPSA) is 68.8 Å². The molecule has 1 aliphatic rings. The van der Waals surface area contributed by atoms with Gasteiger partial charge in [-0.1, -0.05) is 39.0 Å². The molecule has 0 bridgehead atoms. The molecule has 0 unspecified atom stereocenters. The summed E-state index contributed by atoms with van der Waals surface area (Å²) in [5.74, 6) is 0.687. The van der Waals surface area contributed by atoms with Gasteiger partial charge in [0.2, 0.25) is 5.91 Å². The van der Waals surface area contributed by atoms with E-state index in [0.717, 1.165) is 32.0 Å². The minimum Gasteiger partial charge on any atom is -0.355 e. The third kappa shape index (κ3) is 8.40. The maximum absolute atomic E-state index is 12.9. The van der Waals surface area contributed by atoms with E-state index < -0.39 is 17.2 Å². The number of hydrogen-bond acceptors (Lipinski definition) is 3. The lowest BCUT2D eigenvalue weighted by Gasteiger charge is -2.33. The monoisotopic (exact) mass is 441 g/mol. The maximum atomic E-state index is 12.9. The second kappa shape index (κ2) is 10.8. The molecular formula is C22H34F3N5O. The highest BCUT2D eigenvalue weighted by molar-refractivity contribution is 5.82. The number of guanidine groups is 1. The van der Waals surface area contributed by atoms with Crippen LogP contribution in [-0.4, -0.2) is 56.0 Å². The van der Waals surface area contributed by atoms with Gasteiger partial charge in [-0.05, 0) is 24.5 Å². The van der Waals surface area contributed by atoms with Crippen molar-refractivity contribution in [2.75, 3.05) is 33.2 Å². The number of carbonyl (C=O) groups is 1. The van der Waals surface area contributed by atoms with E-state index in [0.29, 0.717) is 31.2 Å². The van der Waals surface area contributed by atoms with Gasteiger partial charge in [0, 0.05) is 51.2 Å². The van der Waals surface area contributed by atoms with Crippen LogP contribution in [0.15, 0.2) is 29.3 Å². The number of piperidine rings is 1. The molecule has 0 saturated carbocycles. The first kappa shape index (κ1) is 25.0. The number of nitrogens with one attached hydrogen (secondary N) is 3. The molecule has 1 amide bonds. The first-order chi connectivity index (χ1) is 14.5. The zero-order chi connectivity index (χ0) is 23.1. The van der Waals surface area contributed by atoms with Crippen molar-refractivity contribution >= 4 is 11.9 Å². The molecule has 0 spiro atoms. The standard InChI is InChI=1S/C22H34F3N5O/c1-21(2,3)19(31)27-10-11-28-20(26-4)29-18-8-12-30(13-9-18)15-16-6-5-7-17(14-16)22(23,24)25/h5-7,14,18H,8-13,15H2,1-4H3,(H,27,31)(H2,26,28,29). The highest BCUT2D eigenvalue weighted by Gasteiger charge is 2.30. The third-order valence-corrected chi connectivity index (χ3v) is 5.20. The van der Waals surface area contributed by atoms with Crippen LogP contribution in [0.25, 0.3) is 0 Å². The van der Waals surface area contributed by atoms with E-state index in [1.54, 1.807) is 13.1 Å². The number of nitrogens with zero attached hydrogens (tertiary/aromatic N) is 2. The minimum atomic E-state index is -4.31. The average molecular weight is 442 g/mol. The second-order valence-electron chi connectivity index (χ2n) is 8.90. The summed E-state index contributed by atoms with van der Waals surface area (Å²) in [4.78, 5) is 18.3. The normalized spacial score (nSPS) is 16.8. The predicted octanol–water partition coefficient (Wildman–Crippen LogP) is 3.00. The van der Waals surface area contributed by atoms with Crippen molar-refractivity contribution in [2.45, 2.75) is 52.4 Å². The lowest BCUT2D eigenvalue weighted by atomic mass is 9.96. The van der Waals surface area contributed by atoms with Gasteiger partial charge in [-0.3, -0.25) is 14.7 Å². The Labute approximate surface area is 182 Å². The van der Waals surface area contributed by atoms with Gasteiger partial charge in [-0.25, -0.2) is 0 Å². The number of alkyl halides is 3. The molecule has 9 heteroatoms. The largest absolute Gasteiger partial charge is 0.416 e. The Morgan fingerprint density at radius 1 is 1.13 bits per heavy atom. The molecule has 31 heavy (non-hydrogen) atoms. The Hall–Kier alpha value is -2.29. The number of benzene rings is 1. The molecule has 1 aliphatic heterocycles. The van der Waals surface area contributed by atoms with Gasteiger partial charge in [0.1, 0.15) is 0 Å². The van der Waals surface area contributed by atoms with E-state index in [1.807, 2.05) is 20.8 Å². The van der Waals surface area contributed by atoms with Crippen molar-refractivity contribution in [3.05, 3.63) is 35.4 Å². The van der Waals surface area contributed by atoms with E-state index in [2.05, 4.69) is 25.8 Å². The quantitative estimate of drug-likeness (QED) is 0.361. The van der Waals surface area contributed by atoms with Crippen LogP contribution in [0.5, 0.6) is 0 Å². The van der Waals surface area contributed by atoms with Gasteiger partial charge in [-0.2, -0.15) is 13.2 Å². The Bertz CT molecular complexity index is 750. The highest BCUT2D eigenvalue weighted by Crippen LogP contribution is 2.30. The summed E-state index contributed by atoms with van der Waals surface area (Å²) in [6, 6.07) is 5.78. The number of rotatable bonds is 6. The van der Waals surface area contributed by atoms with E-state index in [9.17, 15) is 18.0 Å². The number of likely N-dealkylation sites (tertiary alicyclic amines) is 1. The zero-order valence-corrected chi connectivity index (χ0v) is 18.8. The average Bonchev–Trinajstić information content (AvgIpc) is 2.70. The molecular weight excluding hydrogens is 407 g/mol. The molecule has 0 atom stereocenters. The fourth-order valence-electron chi connectivity index (χ4n) is 3.35. The summed E-state index contributed by atoms with van der Waals surface area (Å²) < 4.78 is 38.7. The number of aliphatic imine (C=N–C) groups is 1. The van der Waals surface area contributed by atoms with Crippen LogP contribution in [0.2, 0.25) is 0 Å². The molecule has 0 aromatic heterocycles. The molecule has 174 valence electrons. The SMILES string of the molecule is CN=C(NCCNC(=O)C(C)(C)C)NC1CCN(Cc2cccc(C(F)(F)F)c2)CC1. The first-order valence-corrected chi connectivity index (χ1v) is 10.6. The smallest absolute Gasteiger partial charge is 0.355 e. The van der Waals surface area contributed by atoms with Crippen LogP contribution < -0.4 is 16.0 Å². The van der Waals surface area contributed by atoms with Crippen molar-refractivity contribution in [3.8, 4) is 0 Å². The summed E-state index contributed by atoms with van der Waals surface area (Å²) in [5, 5.41) is 9.47. The summed E-state index contributed by atoms with van der Waals surface area (Å²) >= 11 is 0. The predicted molar refractivity (Wildman–Crippen MR) is 117 cm³/mol. The minimum absolute atomic E-state index is 0.00499. The van der Waals surface area contributed by atoms with Crippen molar-refractivity contribution in [1.29, 1.82) is 0 Å². The molecule has 1 saturated heterocycles. The Kier molecular flexibility index (Phi) is 8.73. The lowest BCUT2D eigenvalue weighted by molar-refractivity contribution is -0.137. The molecule has 0 radical (unpaired) electrons. The second-order valence-corrected chi connectivity index (χ2v) is 8.90. The van der Waals surface area contributed by atoms with Crippen molar-refractivity contribution in [2.24, 2.45) is 10.4 Å². The van der Waals surface area contributed by atoms with Crippen LogP contribution in [0.3, 0.4) is 0 Å².